The average molecular weight is 323 g/mol. The summed E-state index contributed by atoms with van der Waals surface area (Å²) in [5, 5.41) is 10.3. The molecule has 1 saturated carbocycles. The van der Waals surface area contributed by atoms with Gasteiger partial charge in [-0.25, -0.2) is 14.8 Å². The van der Waals surface area contributed by atoms with Crippen molar-refractivity contribution in [3.8, 4) is 0 Å². The van der Waals surface area contributed by atoms with Gasteiger partial charge in [-0.3, -0.25) is 0 Å². The number of carboxylic acids is 1. The summed E-state index contributed by atoms with van der Waals surface area (Å²) in [6, 6.07) is 5.26. The van der Waals surface area contributed by atoms with Crippen molar-refractivity contribution in [1.29, 1.82) is 0 Å². The Morgan fingerprint density at radius 3 is 2.71 bits per heavy atom. The number of nitrogens with zero attached hydrogens (tertiary/aromatic N) is 2. The van der Waals surface area contributed by atoms with Crippen LogP contribution in [0.25, 0.3) is 0 Å². The molecule has 1 aliphatic rings. The molecule has 0 unspecified atom stereocenters. The van der Waals surface area contributed by atoms with E-state index in [-0.39, 0.29) is 11.5 Å². The molecule has 6 heteroatoms. The fraction of sp³-hybridized carbons (Fsp3) is 0.267. The fourth-order valence-corrected chi connectivity index (χ4v) is 2.66. The van der Waals surface area contributed by atoms with E-state index in [1.54, 1.807) is 12.1 Å². The Morgan fingerprint density at radius 1 is 1.33 bits per heavy atom. The molecule has 3 rings (SSSR count). The zero-order valence-corrected chi connectivity index (χ0v) is 12.5. The maximum absolute atomic E-state index is 11.2. The Morgan fingerprint density at radius 2 is 2.10 bits per heavy atom. The molecular weight excluding hydrogens is 311 g/mol. The van der Waals surface area contributed by atoms with Crippen molar-refractivity contribution in [3.63, 3.8) is 0 Å². The minimum Gasteiger partial charge on any atom is -0.478 e. The predicted molar refractivity (Wildman–Crippen MR) is 80.2 cm³/mol. The molecule has 1 aromatic carbocycles. The SMILES string of the molecule is O=C(O)c1cnc(Cc2ccc(Cl)cc2Cl)nc1C1CC1. The largest absolute Gasteiger partial charge is 0.478 e. The van der Waals surface area contributed by atoms with Gasteiger partial charge in [-0.05, 0) is 30.5 Å². The number of rotatable bonds is 4. The third-order valence-corrected chi connectivity index (χ3v) is 4.01. The number of hydrogen-bond acceptors (Lipinski definition) is 3. The Kier molecular flexibility index (Phi) is 3.83. The molecule has 0 amide bonds. The lowest BCUT2D eigenvalue weighted by molar-refractivity contribution is 0.0694. The highest BCUT2D eigenvalue weighted by atomic mass is 35.5. The van der Waals surface area contributed by atoms with Crippen molar-refractivity contribution in [1.82, 2.24) is 9.97 Å². The van der Waals surface area contributed by atoms with Crippen LogP contribution in [-0.2, 0) is 6.42 Å². The van der Waals surface area contributed by atoms with Crippen LogP contribution in [0.15, 0.2) is 24.4 Å². The van der Waals surface area contributed by atoms with Gasteiger partial charge in [-0.15, -0.1) is 0 Å². The standard InChI is InChI=1S/C15H12Cl2N2O2/c16-10-4-3-9(12(17)6-10)5-13-18-7-11(15(20)21)14(19-13)8-1-2-8/h3-4,6-8H,1-2,5H2,(H,20,21). The maximum Gasteiger partial charge on any atom is 0.339 e. The molecule has 1 N–H and O–H groups in total. The number of benzene rings is 1. The van der Waals surface area contributed by atoms with Crippen molar-refractivity contribution in [2.75, 3.05) is 0 Å². The quantitative estimate of drug-likeness (QED) is 0.925. The van der Waals surface area contributed by atoms with Crippen LogP contribution in [0.1, 0.15) is 46.2 Å². The van der Waals surface area contributed by atoms with E-state index in [0.29, 0.717) is 28.0 Å². The van der Waals surface area contributed by atoms with Gasteiger partial charge in [-0.1, -0.05) is 29.3 Å². The average Bonchev–Trinajstić information content (AvgIpc) is 3.26. The molecule has 21 heavy (non-hydrogen) atoms. The Balaban J connectivity index is 1.92. The van der Waals surface area contributed by atoms with Gasteiger partial charge in [0.25, 0.3) is 0 Å². The van der Waals surface area contributed by atoms with Gasteiger partial charge in [0.15, 0.2) is 0 Å². The zero-order chi connectivity index (χ0) is 15.0. The van der Waals surface area contributed by atoms with Gasteiger partial charge in [0.1, 0.15) is 5.82 Å². The molecule has 0 saturated heterocycles. The van der Waals surface area contributed by atoms with Gasteiger partial charge >= 0.3 is 5.97 Å². The number of aromatic carboxylic acids is 1. The first kappa shape index (κ1) is 14.3. The second-order valence-corrected chi connectivity index (χ2v) is 5.92. The van der Waals surface area contributed by atoms with E-state index in [2.05, 4.69) is 9.97 Å². The summed E-state index contributed by atoms with van der Waals surface area (Å²) in [4.78, 5) is 19.8. The molecule has 0 bridgehead atoms. The lowest BCUT2D eigenvalue weighted by Gasteiger charge is -2.08. The molecular formula is C15H12Cl2N2O2. The van der Waals surface area contributed by atoms with Crippen LogP contribution in [0.5, 0.6) is 0 Å². The molecule has 0 aliphatic heterocycles. The third-order valence-electron chi connectivity index (χ3n) is 3.43. The molecule has 2 aromatic rings. The highest BCUT2D eigenvalue weighted by Crippen LogP contribution is 2.40. The Labute approximate surface area is 131 Å². The van der Waals surface area contributed by atoms with Gasteiger partial charge in [0.05, 0.1) is 11.3 Å². The van der Waals surface area contributed by atoms with Crippen LogP contribution in [-0.4, -0.2) is 21.0 Å². The molecule has 0 spiro atoms. The maximum atomic E-state index is 11.2. The van der Waals surface area contributed by atoms with E-state index >= 15 is 0 Å². The topological polar surface area (TPSA) is 63.1 Å². The number of carbonyl (C=O) groups is 1. The van der Waals surface area contributed by atoms with Crippen molar-refractivity contribution in [2.45, 2.75) is 25.2 Å². The van der Waals surface area contributed by atoms with Crippen LogP contribution in [0.3, 0.4) is 0 Å². The molecule has 0 atom stereocenters. The van der Waals surface area contributed by atoms with E-state index in [9.17, 15) is 9.90 Å². The number of aromatic nitrogens is 2. The minimum atomic E-state index is -0.979. The lowest BCUT2D eigenvalue weighted by atomic mass is 10.1. The highest BCUT2D eigenvalue weighted by molar-refractivity contribution is 6.35. The number of carboxylic acid groups (broad SMARTS) is 1. The first-order valence-corrected chi connectivity index (χ1v) is 7.33. The minimum absolute atomic E-state index is 0.198. The monoisotopic (exact) mass is 322 g/mol. The number of halogens is 2. The Bertz CT molecular complexity index is 715. The molecule has 1 aliphatic carbocycles. The summed E-state index contributed by atoms with van der Waals surface area (Å²) in [7, 11) is 0. The van der Waals surface area contributed by atoms with Gasteiger partial charge in [0.2, 0.25) is 0 Å². The van der Waals surface area contributed by atoms with Crippen LogP contribution in [0.2, 0.25) is 10.0 Å². The molecule has 108 valence electrons. The molecule has 1 aromatic heterocycles. The highest BCUT2D eigenvalue weighted by Gasteiger charge is 2.30. The van der Waals surface area contributed by atoms with Crippen molar-refractivity contribution in [2.24, 2.45) is 0 Å². The summed E-state index contributed by atoms with van der Waals surface area (Å²) >= 11 is 12.0. The van der Waals surface area contributed by atoms with Crippen molar-refractivity contribution in [3.05, 3.63) is 57.1 Å². The normalized spacial score (nSPS) is 14.2. The van der Waals surface area contributed by atoms with E-state index in [4.69, 9.17) is 23.2 Å². The molecule has 4 nitrogen and oxygen atoms in total. The number of hydrogen-bond donors (Lipinski definition) is 1. The van der Waals surface area contributed by atoms with Crippen LogP contribution >= 0.6 is 23.2 Å². The molecule has 1 heterocycles. The van der Waals surface area contributed by atoms with Gasteiger partial charge in [-0.2, -0.15) is 0 Å². The second-order valence-electron chi connectivity index (χ2n) is 5.08. The van der Waals surface area contributed by atoms with Gasteiger partial charge in [0, 0.05) is 28.6 Å². The fourth-order valence-electron chi connectivity index (χ4n) is 2.19. The summed E-state index contributed by atoms with van der Waals surface area (Å²) in [6.07, 6.45) is 3.81. The van der Waals surface area contributed by atoms with Gasteiger partial charge < -0.3 is 5.11 Å². The van der Waals surface area contributed by atoms with E-state index in [1.165, 1.54) is 6.20 Å². The predicted octanol–water partition coefficient (Wildman–Crippen LogP) is 3.95. The smallest absolute Gasteiger partial charge is 0.339 e. The van der Waals surface area contributed by atoms with Crippen LogP contribution in [0.4, 0.5) is 0 Å². The molecule has 1 fully saturated rings. The summed E-state index contributed by atoms with van der Waals surface area (Å²) in [6.45, 7) is 0. The summed E-state index contributed by atoms with van der Waals surface area (Å²) < 4.78 is 0. The van der Waals surface area contributed by atoms with E-state index in [0.717, 1.165) is 18.4 Å². The zero-order valence-electron chi connectivity index (χ0n) is 11.0. The molecule has 0 radical (unpaired) electrons. The Hall–Kier alpha value is -1.65. The summed E-state index contributed by atoms with van der Waals surface area (Å²) in [5.41, 5.74) is 1.70. The first-order chi connectivity index (χ1) is 10.0. The van der Waals surface area contributed by atoms with E-state index < -0.39 is 5.97 Å². The van der Waals surface area contributed by atoms with Crippen molar-refractivity contribution >= 4 is 29.2 Å². The van der Waals surface area contributed by atoms with Crippen LogP contribution < -0.4 is 0 Å². The first-order valence-electron chi connectivity index (χ1n) is 6.57. The summed E-state index contributed by atoms with van der Waals surface area (Å²) in [5.74, 6) is -0.155. The van der Waals surface area contributed by atoms with Crippen LogP contribution in [0, 0.1) is 0 Å². The second kappa shape index (κ2) is 5.62. The van der Waals surface area contributed by atoms with E-state index in [1.807, 2.05) is 6.07 Å². The van der Waals surface area contributed by atoms with Crippen molar-refractivity contribution < 1.29 is 9.90 Å². The third kappa shape index (κ3) is 3.17. The lowest BCUT2D eigenvalue weighted by Crippen LogP contribution is -2.08.